The van der Waals surface area contributed by atoms with Gasteiger partial charge in [-0.2, -0.15) is 5.26 Å². The fraction of sp³-hybridized carbons (Fsp3) is 0.125. The zero-order valence-corrected chi connectivity index (χ0v) is 10.8. The predicted octanol–water partition coefficient (Wildman–Crippen LogP) is 3.35. The SMILES string of the molecule is COc1ccc(-c2ccc(C#N)cc2)c(C)c1C=O. The third-order valence-corrected chi connectivity index (χ3v) is 3.14. The summed E-state index contributed by atoms with van der Waals surface area (Å²) in [5.74, 6) is 0.574. The number of carbonyl (C=O) groups excluding carboxylic acids is 1. The van der Waals surface area contributed by atoms with Crippen LogP contribution in [0.4, 0.5) is 0 Å². The van der Waals surface area contributed by atoms with Crippen molar-refractivity contribution in [3.63, 3.8) is 0 Å². The number of hydrogen-bond donors (Lipinski definition) is 0. The van der Waals surface area contributed by atoms with Crippen molar-refractivity contribution in [1.29, 1.82) is 5.26 Å². The first-order chi connectivity index (χ1) is 9.21. The molecule has 0 fully saturated rings. The van der Waals surface area contributed by atoms with Crippen LogP contribution in [-0.2, 0) is 0 Å². The van der Waals surface area contributed by atoms with E-state index in [-0.39, 0.29) is 0 Å². The van der Waals surface area contributed by atoms with Gasteiger partial charge < -0.3 is 4.74 Å². The molecule has 0 aliphatic carbocycles. The summed E-state index contributed by atoms with van der Waals surface area (Å²) in [6.45, 7) is 1.89. The topological polar surface area (TPSA) is 50.1 Å². The second-order valence-electron chi connectivity index (χ2n) is 4.16. The Morgan fingerprint density at radius 2 is 1.84 bits per heavy atom. The lowest BCUT2D eigenvalue weighted by atomic mass is 9.95. The Morgan fingerprint density at radius 1 is 1.16 bits per heavy atom. The van der Waals surface area contributed by atoms with Gasteiger partial charge in [-0.3, -0.25) is 4.79 Å². The molecule has 0 unspecified atom stereocenters. The Labute approximate surface area is 112 Å². The molecule has 0 saturated carbocycles. The van der Waals surface area contributed by atoms with Crippen LogP contribution in [0.3, 0.4) is 0 Å². The molecule has 0 amide bonds. The summed E-state index contributed by atoms with van der Waals surface area (Å²) in [4.78, 5) is 11.2. The maximum Gasteiger partial charge on any atom is 0.154 e. The average Bonchev–Trinajstić information content (AvgIpc) is 2.47. The molecule has 94 valence electrons. The van der Waals surface area contributed by atoms with Crippen molar-refractivity contribution in [1.82, 2.24) is 0 Å². The minimum Gasteiger partial charge on any atom is -0.496 e. The molecule has 19 heavy (non-hydrogen) atoms. The van der Waals surface area contributed by atoms with Crippen molar-refractivity contribution in [3.05, 3.63) is 53.1 Å². The van der Waals surface area contributed by atoms with Gasteiger partial charge in [0.15, 0.2) is 6.29 Å². The molecule has 0 spiro atoms. The van der Waals surface area contributed by atoms with Crippen LogP contribution in [0.25, 0.3) is 11.1 Å². The minimum absolute atomic E-state index is 0.560. The lowest BCUT2D eigenvalue weighted by Crippen LogP contribution is -1.96. The van der Waals surface area contributed by atoms with Crippen LogP contribution in [-0.4, -0.2) is 13.4 Å². The zero-order chi connectivity index (χ0) is 13.8. The number of methoxy groups -OCH3 is 1. The average molecular weight is 251 g/mol. The van der Waals surface area contributed by atoms with Crippen LogP contribution < -0.4 is 4.74 Å². The van der Waals surface area contributed by atoms with Gasteiger partial charge in [-0.15, -0.1) is 0 Å². The van der Waals surface area contributed by atoms with Gasteiger partial charge in [-0.05, 0) is 41.8 Å². The number of nitriles is 1. The van der Waals surface area contributed by atoms with Crippen LogP contribution in [0.2, 0.25) is 0 Å². The van der Waals surface area contributed by atoms with Gasteiger partial charge in [-0.25, -0.2) is 0 Å². The van der Waals surface area contributed by atoms with Crippen LogP contribution in [0.1, 0.15) is 21.5 Å². The van der Waals surface area contributed by atoms with E-state index in [9.17, 15) is 4.79 Å². The maximum absolute atomic E-state index is 11.2. The van der Waals surface area contributed by atoms with Crippen LogP contribution in [0.5, 0.6) is 5.75 Å². The number of aldehydes is 1. The van der Waals surface area contributed by atoms with Gasteiger partial charge in [0.25, 0.3) is 0 Å². The highest BCUT2D eigenvalue weighted by molar-refractivity contribution is 5.86. The van der Waals surface area contributed by atoms with Gasteiger partial charge in [0.05, 0.1) is 24.3 Å². The number of nitrogens with zero attached hydrogens (tertiary/aromatic N) is 1. The van der Waals surface area contributed by atoms with E-state index in [0.717, 1.165) is 23.0 Å². The Balaban J connectivity index is 2.56. The van der Waals surface area contributed by atoms with Crippen molar-refractivity contribution >= 4 is 6.29 Å². The summed E-state index contributed by atoms with van der Waals surface area (Å²) in [6.07, 6.45) is 0.807. The first kappa shape index (κ1) is 12.8. The molecule has 3 nitrogen and oxygen atoms in total. The fourth-order valence-electron chi connectivity index (χ4n) is 2.07. The normalized spacial score (nSPS) is 9.74. The van der Waals surface area contributed by atoms with E-state index in [0.29, 0.717) is 16.9 Å². The summed E-state index contributed by atoms with van der Waals surface area (Å²) < 4.78 is 5.17. The van der Waals surface area contributed by atoms with Crippen molar-refractivity contribution in [3.8, 4) is 22.9 Å². The molecule has 0 aliphatic rings. The second kappa shape index (κ2) is 5.36. The van der Waals surface area contributed by atoms with E-state index in [2.05, 4.69) is 6.07 Å². The highest BCUT2D eigenvalue weighted by Crippen LogP contribution is 2.30. The molecule has 0 bridgehead atoms. The maximum atomic E-state index is 11.2. The molecule has 0 N–H and O–H groups in total. The Kier molecular flexibility index (Phi) is 3.63. The smallest absolute Gasteiger partial charge is 0.154 e. The second-order valence-corrected chi connectivity index (χ2v) is 4.16. The largest absolute Gasteiger partial charge is 0.496 e. The number of benzene rings is 2. The fourth-order valence-corrected chi connectivity index (χ4v) is 2.07. The first-order valence-corrected chi connectivity index (χ1v) is 5.84. The number of hydrogen-bond acceptors (Lipinski definition) is 3. The molecule has 0 atom stereocenters. The van der Waals surface area contributed by atoms with Crippen molar-refractivity contribution < 1.29 is 9.53 Å². The van der Waals surface area contributed by atoms with E-state index >= 15 is 0 Å². The van der Waals surface area contributed by atoms with E-state index in [1.165, 1.54) is 0 Å². The van der Waals surface area contributed by atoms with E-state index in [4.69, 9.17) is 10.00 Å². The number of carbonyl (C=O) groups is 1. The van der Waals surface area contributed by atoms with Crippen molar-refractivity contribution in [2.45, 2.75) is 6.92 Å². The Bertz CT molecular complexity index is 652. The summed E-state index contributed by atoms with van der Waals surface area (Å²) >= 11 is 0. The molecule has 2 rings (SSSR count). The summed E-state index contributed by atoms with van der Waals surface area (Å²) in [5, 5.41) is 8.79. The molecule has 3 heteroatoms. The number of rotatable bonds is 3. The summed E-state index contributed by atoms with van der Waals surface area (Å²) in [6, 6.07) is 13.1. The van der Waals surface area contributed by atoms with Crippen LogP contribution in [0.15, 0.2) is 36.4 Å². The zero-order valence-electron chi connectivity index (χ0n) is 10.8. The van der Waals surface area contributed by atoms with E-state index in [1.807, 2.05) is 25.1 Å². The van der Waals surface area contributed by atoms with Gasteiger partial charge in [0.1, 0.15) is 5.75 Å². The lowest BCUT2D eigenvalue weighted by Gasteiger charge is -2.12. The van der Waals surface area contributed by atoms with Crippen molar-refractivity contribution in [2.24, 2.45) is 0 Å². The van der Waals surface area contributed by atoms with E-state index < -0.39 is 0 Å². The van der Waals surface area contributed by atoms with Crippen molar-refractivity contribution in [2.75, 3.05) is 7.11 Å². The molecule has 0 saturated heterocycles. The van der Waals surface area contributed by atoms with Gasteiger partial charge in [0, 0.05) is 0 Å². The molecule has 2 aromatic rings. The van der Waals surface area contributed by atoms with Crippen LogP contribution >= 0.6 is 0 Å². The lowest BCUT2D eigenvalue weighted by molar-refractivity contribution is 0.112. The third-order valence-electron chi connectivity index (χ3n) is 3.14. The van der Waals surface area contributed by atoms with Gasteiger partial charge >= 0.3 is 0 Å². The summed E-state index contributed by atoms with van der Waals surface area (Å²) in [5.41, 5.74) is 3.99. The molecular weight excluding hydrogens is 238 g/mol. The molecule has 2 aromatic carbocycles. The minimum atomic E-state index is 0.560. The Hall–Kier alpha value is -2.60. The molecule has 0 radical (unpaired) electrons. The molecule has 0 aliphatic heterocycles. The van der Waals surface area contributed by atoms with Gasteiger partial charge in [-0.1, -0.05) is 18.2 Å². The predicted molar refractivity (Wildman–Crippen MR) is 73.3 cm³/mol. The quantitative estimate of drug-likeness (QED) is 0.786. The standard InChI is InChI=1S/C16H13NO2/c1-11-14(7-8-16(19-2)15(11)10-18)13-5-3-12(9-17)4-6-13/h3-8,10H,1-2H3. The summed E-state index contributed by atoms with van der Waals surface area (Å²) in [7, 11) is 1.54. The molecule has 0 heterocycles. The number of ether oxygens (including phenoxy) is 1. The highest BCUT2D eigenvalue weighted by Gasteiger charge is 2.11. The third kappa shape index (κ3) is 2.34. The molecular formula is C16H13NO2. The van der Waals surface area contributed by atoms with Crippen LogP contribution in [0, 0.1) is 18.3 Å². The first-order valence-electron chi connectivity index (χ1n) is 5.84. The monoisotopic (exact) mass is 251 g/mol. The van der Waals surface area contributed by atoms with Gasteiger partial charge in [0.2, 0.25) is 0 Å². The Morgan fingerprint density at radius 3 is 2.37 bits per heavy atom. The highest BCUT2D eigenvalue weighted by atomic mass is 16.5. The van der Waals surface area contributed by atoms with E-state index in [1.54, 1.807) is 25.3 Å². The molecule has 0 aromatic heterocycles.